The van der Waals surface area contributed by atoms with E-state index in [4.69, 9.17) is 21.3 Å². The van der Waals surface area contributed by atoms with E-state index in [9.17, 15) is 9.59 Å². The zero-order valence-corrected chi connectivity index (χ0v) is 15.9. The molecular weight excluding hydrogens is 444 g/mol. The summed E-state index contributed by atoms with van der Waals surface area (Å²) in [6.45, 7) is 2.11. The van der Waals surface area contributed by atoms with E-state index in [1.807, 2.05) is 0 Å². The Morgan fingerprint density at radius 3 is 1.88 bits per heavy atom. The second-order valence-electron chi connectivity index (χ2n) is 4.49. The number of aromatic carboxylic acids is 1. The number of carboxylic acid groups (broad SMARTS) is 1. The van der Waals surface area contributed by atoms with Crippen LogP contribution in [-0.2, 0) is 4.74 Å². The molecule has 0 bridgehead atoms. The SMILES string of the molecule is CCOC(=O)c1cc(Br)ccc1N.Nc1ccc(Br)cc1C(=O)O. The van der Waals surface area contributed by atoms with Crippen molar-refractivity contribution in [1.29, 1.82) is 0 Å². The average Bonchev–Trinajstić information content (AvgIpc) is 2.52. The zero-order chi connectivity index (χ0) is 18.3. The Hall–Kier alpha value is -2.06. The quantitative estimate of drug-likeness (QED) is 0.472. The van der Waals surface area contributed by atoms with Gasteiger partial charge in [0.2, 0.25) is 0 Å². The van der Waals surface area contributed by atoms with E-state index in [2.05, 4.69) is 31.9 Å². The molecular formula is C16H16Br2N2O4. The molecule has 0 unspecified atom stereocenters. The number of anilines is 2. The summed E-state index contributed by atoms with van der Waals surface area (Å²) in [5, 5.41) is 8.59. The fourth-order valence-corrected chi connectivity index (χ4v) is 2.35. The summed E-state index contributed by atoms with van der Waals surface area (Å²) in [4.78, 5) is 21.8. The molecule has 0 aliphatic heterocycles. The molecule has 0 spiro atoms. The van der Waals surface area contributed by atoms with E-state index in [0.717, 1.165) is 4.47 Å². The van der Waals surface area contributed by atoms with Gasteiger partial charge in [-0.05, 0) is 43.3 Å². The minimum atomic E-state index is -1.01. The van der Waals surface area contributed by atoms with Crippen LogP contribution in [0.2, 0.25) is 0 Å². The van der Waals surface area contributed by atoms with Crippen LogP contribution in [0, 0.1) is 0 Å². The second-order valence-corrected chi connectivity index (χ2v) is 6.32. The van der Waals surface area contributed by atoms with Crippen LogP contribution >= 0.6 is 31.9 Å². The number of nitrogens with two attached hydrogens (primary N) is 2. The van der Waals surface area contributed by atoms with Crippen molar-refractivity contribution >= 4 is 55.2 Å². The van der Waals surface area contributed by atoms with Gasteiger partial charge in [0.1, 0.15) is 0 Å². The highest BCUT2D eigenvalue weighted by Gasteiger charge is 2.10. The molecule has 0 amide bonds. The molecule has 0 aromatic heterocycles. The van der Waals surface area contributed by atoms with Crippen molar-refractivity contribution in [2.75, 3.05) is 18.1 Å². The molecule has 8 heteroatoms. The van der Waals surface area contributed by atoms with Gasteiger partial charge in [0.15, 0.2) is 0 Å². The first-order chi connectivity index (χ1) is 11.3. The van der Waals surface area contributed by atoms with Gasteiger partial charge in [-0.15, -0.1) is 0 Å². The highest BCUT2D eigenvalue weighted by atomic mass is 79.9. The maximum atomic E-state index is 11.3. The Kier molecular flexibility index (Phi) is 7.73. The van der Waals surface area contributed by atoms with Crippen LogP contribution in [0.3, 0.4) is 0 Å². The molecule has 2 rings (SSSR count). The number of carboxylic acids is 1. The number of hydrogen-bond acceptors (Lipinski definition) is 5. The van der Waals surface area contributed by atoms with Gasteiger partial charge < -0.3 is 21.3 Å². The Morgan fingerprint density at radius 1 is 1.00 bits per heavy atom. The molecule has 2 aromatic rings. The Balaban J connectivity index is 0.000000243. The molecule has 6 nitrogen and oxygen atoms in total. The molecule has 2 aromatic carbocycles. The van der Waals surface area contributed by atoms with Crippen LogP contribution in [0.25, 0.3) is 0 Å². The minimum absolute atomic E-state index is 0.124. The van der Waals surface area contributed by atoms with Crippen molar-refractivity contribution in [2.45, 2.75) is 6.92 Å². The van der Waals surface area contributed by atoms with Crippen molar-refractivity contribution in [3.05, 3.63) is 56.5 Å². The van der Waals surface area contributed by atoms with Crippen LogP contribution in [0.5, 0.6) is 0 Å². The first kappa shape index (κ1) is 20.0. The third kappa shape index (κ3) is 5.86. The third-order valence-corrected chi connectivity index (χ3v) is 3.74. The average molecular weight is 460 g/mol. The van der Waals surface area contributed by atoms with Crippen LogP contribution in [-0.4, -0.2) is 23.7 Å². The molecule has 0 heterocycles. The Labute approximate surface area is 156 Å². The normalized spacial score (nSPS) is 9.62. The topological polar surface area (TPSA) is 116 Å². The van der Waals surface area contributed by atoms with E-state index in [-0.39, 0.29) is 17.2 Å². The highest BCUT2D eigenvalue weighted by Crippen LogP contribution is 2.19. The Bertz CT molecular complexity index is 751. The number of hydrogen-bond donors (Lipinski definition) is 3. The summed E-state index contributed by atoms with van der Waals surface area (Å²) in [5.74, 6) is -1.40. The summed E-state index contributed by atoms with van der Waals surface area (Å²) >= 11 is 6.40. The van der Waals surface area contributed by atoms with Crippen LogP contribution in [0.4, 0.5) is 11.4 Å². The van der Waals surface area contributed by atoms with E-state index < -0.39 is 5.97 Å². The molecule has 0 radical (unpaired) electrons. The molecule has 128 valence electrons. The van der Waals surface area contributed by atoms with Gasteiger partial charge in [0.05, 0.1) is 17.7 Å². The summed E-state index contributed by atoms with van der Waals surface area (Å²) in [7, 11) is 0. The minimum Gasteiger partial charge on any atom is -0.478 e. The van der Waals surface area contributed by atoms with Gasteiger partial charge >= 0.3 is 11.9 Å². The summed E-state index contributed by atoms with van der Waals surface area (Å²) < 4.78 is 6.35. The maximum absolute atomic E-state index is 11.3. The highest BCUT2D eigenvalue weighted by molar-refractivity contribution is 9.10. The van der Waals surface area contributed by atoms with Crippen LogP contribution in [0.1, 0.15) is 27.6 Å². The number of carbonyl (C=O) groups excluding carboxylic acids is 1. The molecule has 0 atom stereocenters. The van der Waals surface area contributed by atoms with Gasteiger partial charge in [0.25, 0.3) is 0 Å². The predicted octanol–water partition coefficient (Wildman–Crippen LogP) is 3.94. The number of benzene rings is 2. The monoisotopic (exact) mass is 458 g/mol. The third-order valence-electron chi connectivity index (χ3n) is 2.76. The number of esters is 1. The van der Waals surface area contributed by atoms with Crippen LogP contribution < -0.4 is 11.5 Å². The lowest BCUT2D eigenvalue weighted by molar-refractivity contribution is 0.0527. The van der Waals surface area contributed by atoms with E-state index >= 15 is 0 Å². The predicted molar refractivity (Wildman–Crippen MR) is 100 cm³/mol. The number of nitrogen functional groups attached to an aromatic ring is 2. The lowest BCUT2D eigenvalue weighted by Gasteiger charge is -2.04. The number of carbonyl (C=O) groups is 2. The molecule has 0 aliphatic rings. The number of halogens is 2. The first-order valence-electron chi connectivity index (χ1n) is 6.76. The van der Waals surface area contributed by atoms with Crippen molar-refractivity contribution in [3.8, 4) is 0 Å². The molecule has 0 aliphatic carbocycles. The van der Waals surface area contributed by atoms with Crippen LogP contribution in [0.15, 0.2) is 45.3 Å². The summed E-state index contributed by atoms with van der Waals surface area (Å²) in [6.07, 6.45) is 0. The summed E-state index contributed by atoms with van der Waals surface area (Å²) in [6, 6.07) is 9.80. The van der Waals surface area contributed by atoms with Gasteiger partial charge in [-0.3, -0.25) is 0 Å². The van der Waals surface area contributed by atoms with Gasteiger partial charge in [-0.2, -0.15) is 0 Å². The molecule has 0 saturated carbocycles. The molecule has 5 N–H and O–H groups in total. The maximum Gasteiger partial charge on any atom is 0.340 e. The van der Waals surface area contributed by atoms with E-state index in [0.29, 0.717) is 22.3 Å². The standard InChI is InChI=1S/C9H10BrNO2.C7H6BrNO2/c1-2-13-9(12)7-5-6(10)3-4-8(7)11;8-4-1-2-6(9)5(3-4)7(10)11/h3-5H,2,11H2,1H3;1-3H,9H2,(H,10,11). The molecule has 24 heavy (non-hydrogen) atoms. The zero-order valence-electron chi connectivity index (χ0n) is 12.8. The fraction of sp³-hybridized carbons (Fsp3) is 0.125. The number of ether oxygens (including phenoxy) is 1. The largest absolute Gasteiger partial charge is 0.478 e. The lowest BCUT2D eigenvalue weighted by atomic mass is 10.2. The summed E-state index contributed by atoms with van der Waals surface area (Å²) in [5.41, 5.74) is 12.2. The van der Waals surface area contributed by atoms with Crippen molar-refractivity contribution in [1.82, 2.24) is 0 Å². The van der Waals surface area contributed by atoms with Gasteiger partial charge in [0, 0.05) is 20.3 Å². The van der Waals surface area contributed by atoms with Gasteiger partial charge in [-0.1, -0.05) is 31.9 Å². The van der Waals surface area contributed by atoms with E-state index in [1.54, 1.807) is 37.3 Å². The number of rotatable bonds is 3. The van der Waals surface area contributed by atoms with Gasteiger partial charge in [-0.25, -0.2) is 9.59 Å². The lowest BCUT2D eigenvalue weighted by Crippen LogP contribution is -2.07. The van der Waals surface area contributed by atoms with Crippen molar-refractivity contribution in [3.63, 3.8) is 0 Å². The van der Waals surface area contributed by atoms with Crippen molar-refractivity contribution in [2.24, 2.45) is 0 Å². The second kappa shape index (κ2) is 9.29. The van der Waals surface area contributed by atoms with E-state index in [1.165, 1.54) is 6.07 Å². The smallest absolute Gasteiger partial charge is 0.340 e. The fourth-order valence-electron chi connectivity index (χ4n) is 1.63. The Morgan fingerprint density at radius 2 is 1.46 bits per heavy atom. The molecule has 0 fully saturated rings. The first-order valence-corrected chi connectivity index (χ1v) is 8.35. The van der Waals surface area contributed by atoms with Crippen molar-refractivity contribution < 1.29 is 19.4 Å². The molecule has 0 saturated heterocycles.